The predicted molar refractivity (Wildman–Crippen MR) is 75.8 cm³/mol. The number of nitrogens with zero attached hydrogens (tertiary/aromatic N) is 3. The molecule has 0 aromatic carbocycles. The predicted octanol–water partition coefficient (Wildman–Crippen LogP) is 1.69. The SMILES string of the molecule is CCn1nc(C)c(N)c1NCC(C)N1CCCC1. The van der Waals surface area contributed by atoms with Gasteiger partial charge in [0.2, 0.25) is 0 Å². The van der Waals surface area contributed by atoms with Crippen molar-refractivity contribution in [3.05, 3.63) is 5.69 Å². The van der Waals surface area contributed by atoms with Crippen LogP contribution in [0.2, 0.25) is 0 Å². The van der Waals surface area contributed by atoms with E-state index in [1.54, 1.807) is 0 Å². The summed E-state index contributed by atoms with van der Waals surface area (Å²) in [7, 11) is 0. The maximum Gasteiger partial charge on any atom is 0.148 e. The average Bonchev–Trinajstić information content (AvgIpc) is 2.97. The van der Waals surface area contributed by atoms with E-state index in [9.17, 15) is 0 Å². The van der Waals surface area contributed by atoms with Gasteiger partial charge in [-0.05, 0) is 46.7 Å². The monoisotopic (exact) mass is 251 g/mol. The molecule has 1 aromatic rings. The van der Waals surface area contributed by atoms with Gasteiger partial charge in [0.25, 0.3) is 0 Å². The summed E-state index contributed by atoms with van der Waals surface area (Å²) in [5.41, 5.74) is 7.75. The zero-order valence-corrected chi connectivity index (χ0v) is 11.7. The molecular formula is C13H25N5. The second-order valence-corrected chi connectivity index (χ2v) is 5.14. The molecule has 1 aliphatic heterocycles. The number of rotatable bonds is 5. The number of anilines is 2. The van der Waals surface area contributed by atoms with Crippen LogP contribution in [0.4, 0.5) is 11.5 Å². The number of aromatic nitrogens is 2. The Balaban J connectivity index is 1.96. The first-order valence-electron chi connectivity index (χ1n) is 6.94. The number of likely N-dealkylation sites (tertiary alicyclic amines) is 1. The Morgan fingerprint density at radius 2 is 2.06 bits per heavy atom. The third-order valence-electron chi connectivity index (χ3n) is 3.80. The Morgan fingerprint density at radius 3 is 2.67 bits per heavy atom. The van der Waals surface area contributed by atoms with E-state index in [-0.39, 0.29) is 0 Å². The molecule has 18 heavy (non-hydrogen) atoms. The van der Waals surface area contributed by atoms with Gasteiger partial charge in [0, 0.05) is 19.1 Å². The lowest BCUT2D eigenvalue weighted by Crippen LogP contribution is -2.36. The molecule has 0 amide bonds. The minimum Gasteiger partial charge on any atom is -0.394 e. The maximum absolute atomic E-state index is 6.06. The van der Waals surface area contributed by atoms with E-state index in [4.69, 9.17) is 5.73 Å². The van der Waals surface area contributed by atoms with Gasteiger partial charge in [0.15, 0.2) is 0 Å². The third kappa shape index (κ3) is 2.61. The van der Waals surface area contributed by atoms with Gasteiger partial charge in [-0.3, -0.25) is 4.90 Å². The summed E-state index contributed by atoms with van der Waals surface area (Å²) in [5.74, 6) is 0.973. The summed E-state index contributed by atoms with van der Waals surface area (Å²) >= 11 is 0. The van der Waals surface area contributed by atoms with E-state index in [0.717, 1.165) is 30.3 Å². The highest BCUT2D eigenvalue weighted by Gasteiger charge is 2.19. The lowest BCUT2D eigenvalue weighted by molar-refractivity contribution is 0.269. The number of nitrogen functional groups attached to an aromatic ring is 1. The van der Waals surface area contributed by atoms with Gasteiger partial charge in [-0.1, -0.05) is 0 Å². The van der Waals surface area contributed by atoms with Crippen molar-refractivity contribution >= 4 is 11.5 Å². The summed E-state index contributed by atoms with van der Waals surface area (Å²) in [5, 5.41) is 7.88. The molecule has 0 saturated carbocycles. The molecular weight excluding hydrogens is 226 g/mol. The summed E-state index contributed by atoms with van der Waals surface area (Å²) in [4.78, 5) is 2.53. The van der Waals surface area contributed by atoms with E-state index in [2.05, 4.69) is 29.2 Å². The first-order valence-corrected chi connectivity index (χ1v) is 6.94. The molecule has 102 valence electrons. The van der Waals surface area contributed by atoms with Gasteiger partial charge in [-0.15, -0.1) is 0 Å². The molecule has 0 aliphatic carbocycles. The van der Waals surface area contributed by atoms with Crippen LogP contribution in [-0.4, -0.2) is 40.4 Å². The fraction of sp³-hybridized carbons (Fsp3) is 0.769. The molecule has 0 spiro atoms. The normalized spacial score (nSPS) is 18.2. The minimum atomic E-state index is 0.549. The van der Waals surface area contributed by atoms with E-state index >= 15 is 0 Å². The summed E-state index contributed by atoms with van der Waals surface area (Å²) < 4.78 is 1.95. The largest absolute Gasteiger partial charge is 0.394 e. The van der Waals surface area contributed by atoms with Crippen LogP contribution in [0.15, 0.2) is 0 Å². The van der Waals surface area contributed by atoms with Gasteiger partial charge in [-0.25, -0.2) is 4.68 Å². The van der Waals surface area contributed by atoms with Gasteiger partial charge in [-0.2, -0.15) is 5.10 Å². The van der Waals surface area contributed by atoms with Crippen molar-refractivity contribution in [2.75, 3.05) is 30.7 Å². The molecule has 0 radical (unpaired) electrons. The Labute approximate surface area is 109 Å². The van der Waals surface area contributed by atoms with Crippen molar-refractivity contribution in [2.24, 2.45) is 0 Å². The highest BCUT2D eigenvalue weighted by atomic mass is 15.3. The molecule has 1 saturated heterocycles. The topological polar surface area (TPSA) is 59.1 Å². The molecule has 1 aromatic heterocycles. The number of nitrogens with one attached hydrogen (secondary N) is 1. The van der Waals surface area contributed by atoms with Crippen LogP contribution in [0, 0.1) is 6.92 Å². The highest BCUT2D eigenvalue weighted by molar-refractivity contribution is 5.64. The average molecular weight is 251 g/mol. The third-order valence-corrected chi connectivity index (χ3v) is 3.80. The number of hydrogen-bond acceptors (Lipinski definition) is 4. The van der Waals surface area contributed by atoms with Crippen LogP contribution in [0.5, 0.6) is 0 Å². The summed E-state index contributed by atoms with van der Waals surface area (Å²) in [6.45, 7) is 10.5. The molecule has 5 heteroatoms. The van der Waals surface area contributed by atoms with Crippen molar-refractivity contribution in [3.63, 3.8) is 0 Å². The minimum absolute atomic E-state index is 0.549. The van der Waals surface area contributed by atoms with Crippen molar-refractivity contribution < 1.29 is 0 Å². The van der Waals surface area contributed by atoms with Crippen molar-refractivity contribution in [1.82, 2.24) is 14.7 Å². The van der Waals surface area contributed by atoms with Crippen molar-refractivity contribution in [3.8, 4) is 0 Å². The zero-order chi connectivity index (χ0) is 13.1. The van der Waals surface area contributed by atoms with Crippen molar-refractivity contribution in [2.45, 2.75) is 46.2 Å². The van der Waals surface area contributed by atoms with Gasteiger partial charge < -0.3 is 11.1 Å². The van der Waals surface area contributed by atoms with E-state index in [0.29, 0.717) is 6.04 Å². The van der Waals surface area contributed by atoms with Crippen molar-refractivity contribution in [1.29, 1.82) is 0 Å². The zero-order valence-electron chi connectivity index (χ0n) is 11.7. The number of aryl methyl sites for hydroxylation is 2. The van der Waals surface area contributed by atoms with Gasteiger partial charge >= 0.3 is 0 Å². The Kier molecular flexibility index (Phi) is 4.11. The van der Waals surface area contributed by atoms with Crippen LogP contribution >= 0.6 is 0 Å². The molecule has 1 atom stereocenters. The summed E-state index contributed by atoms with van der Waals surface area (Å²) in [6, 6.07) is 0.549. The molecule has 5 nitrogen and oxygen atoms in total. The van der Waals surface area contributed by atoms with Crippen LogP contribution < -0.4 is 11.1 Å². The number of nitrogens with two attached hydrogens (primary N) is 1. The molecule has 1 aliphatic rings. The van der Waals surface area contributed by atoms with Gasteiger partial charge in [0.1, 0.15) is 5.82 Å². The van der Waals surface area contributed by atoms with Crippen LogP contribution in [0.25, 0.3) is 0 Å². The molecule has 2 rings (SSSR count). The second kappa shape index (κ2) is 5.61. The van der Waals surface area contributed by atoms with Crippen LogP contribution in [0.3, 0.4) is 0 Å². The Bertz CT molecular complexity index is 392. The summed E-state index contributed by atoms with van der Waals surface area (Å²) in [6.07, 6.45) is 2.66. The lowest BCUT2D eigenvalue weighted by Gasteiger charge is -2.24. The first kappa shape index (κ1) is 13.2. The molecule has 1 unspecified atom stereocenters. The van der Waals surface area contributed by atoms with E-state index in [1.807, 2.05) is 11.6 Å². The maximum atomic E-state index is 6.06. The lowest BCUT2D eigenvalue weighted by atomic mass is 10.3. The fourth-order valence-corrected chi connectivity index (χ4v) is 2.57. The van der Waals surface area contributed by atoms with Crippen LogP contribution in [-0.2, 0) is 6.54 Å². The fourth-order valence-electron chi connectivity index (χ4n) is 2.57. The smallest absolute Gasteiger partial charge is 0.148 e. The van der Waals surface area contributed by atoms with E-state index in [1.165, 1.54) is 25.9 Å². The Hall–Kier alpha value is -1.23. The molecule has 0 bridgehead atoms. The molecule has 2 heterocycles. The number of hydrogen-bond donors (Lipinski definition) is 2. The van der Waals surface area contributed by atoms with E-state index < -0.39 is 0 Å². The van der Waals surface area contributed by atoms with Crippen LogP contribution in [0.1, 0.15) is 32.4 Å². The highest BCUT2D eigenvalue weighted by Crippen LogP contribution is 2.22. The Morgan fingerprint density at radius 1 is 1.39 bits per heavy atom. The molecule has 3 N–H and O–H groups in total. The molecule has 1 fully saturated rings. The second-order valence-electron chi connectivity index (χ2n) is 5.14. The first-order chi connectivity index (χ1) is 8.63. The van der Waals surface area contributed by atoms with Gasteiger partial charge in [0.05, 0.1) is 11.4 Å². The quantitative estimate of drug-likeness (QED) is 0.836. The standard InChI is InChI=1S/C13H25N5/c1-4-18-13(12(14)11(3)16-18)15-9-10(2)17-7-5-6-8-17/h10,15H,4-9,14H2,1-3H3.